The van der Waals surface area contributed by atoms with Crippen molar-refractivity contribution in [1.29, 1.82) is 0 Å². The number of carbonyl (C=O) groups excluding carboxylic acids is 2. The maximum Gasteiger partial charge on any atom is 0.347 e. The van der Waals surface area contributed by atoms with Gasteiger partial charge in [0.1, 0.15) is 6.10 Å². The molecule has 7 heteroatoms. The molecule has 0 bridgehead atoms. The van der Waals surface area contributed by atoms with Crippen LogP contribution in [-0.4, -0.2) is 45.5 Å². The summed E-state index contributed by atoms with van der Waals surface area (Å²) >= 11 is 0. The molecule has 0 amide bonds. The summed E-state index contributed by atoms with van der Waals surface area (Å²) < 4.78 is 25.7. The Bertz CT molecular complexity index is 625. The van der Waals surface area contributed by atoms with Gasteiger partial charge in [-0.1, -0.05) is 0 Å². The lowest BCUT2D eigenvalue weighted by atomic mass is 10.1. The van der Waals surface area contributed by atoms with Gasteiger partial charge in [-0.2, -0.15) is 0 Å². The van der Waals surface area contributed by atoms with Gasteiger partial charge in [-0.3, -0.25) is 0 Å². The summed E-state index contributed by atoms with van der Waals surface area (Å²) in [7, 11) is 4.52. The summed E-state index contributed by atoms with van der Waals surface area (Å²) in [4.78, 5) is 23.3. The molecule has 7 nitrogen and oxygen atoms in total. The minimum absolute atomic E-state index is 0.241. The van der Waals surface area contributed by atoms with Gasteiger partial charge in [-0.05, 0) is 30.7 Å². The molecule has 2 rings (SSSR count). The molecule has 1 heterocycles. The molecule has 0 aliphatic carbocycles. The molecule has 0 unspecified atom stereocenters. The van der Waals surface area contributed by atoms with Crippen molar-refractivity contribution in [3.05, 3.63) is 23.8 Å². The minimum atomic E-state index is -0.850. The maximum absolute atomic E-state index is 11.9. The molecule has 1 aliphatic rings. The molecule has 24 heavy (non-hydrogen) atoms. The van der Waals surface area contributed by atoms with Crippen molar-refractivity contribution in [3.63, 3.8) is 0 Å². The fourth-order valence-electron chi connectivity index (χ4n) is 2.36. The predicted octanol–water partition coefficient (Wildman–Crippen LogP) is 1.97. The first-order valence-corrected chi connectivity index (χ1v) is 7.37. The second kappa shape index (κ2) is 7.72. The Hall–Kier alpha value is -2.70. The van der Waals surface area contributed by atoms with Crippen LogP contribution in [-0.2, 0) is 19.1 Å². The molecule has 1 fully saturated rings. The molecule has 0 radical (unpaired) electrons. The van der Waals surface area contributed by atoms with E-state index >= 15 is 0 Å². The zero-order valence-corrected chi connectivity index (χ0v) is 14.0. The Morgan fingerprint density at radius 1 is 1.17 bits per heavy atom. The van der Waals surface area contributed by atoms with E-state index in [0.29, 0.717) is 29.2 Å². The number of cyclic esters (lactones) is 1. The molecule has 0 spiro atoms. The Labute approximate surface area is 140 Å². The number of hydrogen-bond donors (Lipinski definition) is 0. The third-order valence-corrected chi connectivity index (χ3v) is 3.48. The molecule has 2 atom stereocenters. The highest BCUT2D eigenvalue weighted by Crippen LogP contribution is 2.38. The predicted molar refractivity (Wildman–Crippen MR) is 85.2 cm³/mol. The summed E-state index contributed by atoms with van der Waals surface area (Å²) in [6, 6.07) is 3.38. The average Bonchev–Trinajstić information content (AvgIpc) is 2.88. The van der Waals surface area contributed by atoms with Gasteiger partial charge in [-0.25, -0.2) is 9.59 Å². The number of esters is 2. The van der Waals surface area contributed by atoms with Crippen LogP contribution < -0.4 is 14.2 Å². The largest absolute Gasteiger partial charge is 0.493 e. The van der Waals surface area contributed by atoms with Crippen LogP contribution in [0.2, 0.25) is 0 Å². The lowest BCUT2D eigenvalue weighted by Gasteiger charge is -2.12. The van der Waals surface area contributed by atoms with E-state index < -0.39 is 18.0 Å². The van der Waals surface area contributed by atoms with E-state index in [1.807, 2.05) is 0 Å². The zero-order chi connectivity index (χ0) is 17.7. The summed E-state index contributed by atoms with van der Waals surface area (Å²) in [5, 5.41) is 0. The number of ether oxygens (including phenoxy) is 5. The first kappa shape index (κ1) is 17.7. The normalized spacial score (nSPS) is 19.9. The van der Waals surface area contributed by atoms with E-state index in [-0.39, 0.29) is 6.10 Å². The fraction of sp³-hybridized carbons (Fsp3) is 0.412. The van der Waals surface area contributed by atoms with Crippen LogP contribution in [0.3, 0.4) is 0 Å². The van der Waals surface area contributed by atoms with Crippen LogP contribution >= 0.6 is 0 Å². The van der Waals surface area contributed by atoms with Crippen molar-refractivity contribution < 1.29 is 33.3 Å². The van der Waals surface area contributed by atoms with E-state index in [9.17, 15) is 9.59 Å². The SMILES string of the molecule is COc1cc(/C=C/C(=O)O[C@@H]2C[C@@H](C)OC2=O)cc(OC)c1OC. The van der Waals surface area contributed by atoms with E-state index in [2.05, 4.69) is 0 Å². The highest BCUT2D eigenvalue weighted by Gasteiger charge is 2.34. The second-order valence-electron chi connectivity index (χ2n) is 5.20. The third kappa shape index (κ3) is 3.98. The van der Waals surface area contributed by atoms with Crippen molar-refractivity contribution in [1.82, 2.24) is 0 Å². The number of methoxy groups -OCH3 is 3. The van der Waals surface area contributed by atoms with Crippen molar-refractivity contribution in [2.24, 2.45) is 0 Å². The Balaban J connectivity index is 2.10. The smallest absolute Gasteiger partial charge is 0.347 e. The van der Waals surface area contributed by atoms with Gasteiger partial charge in [0.2, 0.25) is 11.9 Å². The zero-order valence-electron chi connectivity index (χ0n) is 14.0. The number of benzene rings is 1. The van der Waals surface area contributed by atoms with Crippen molar-refractivity contribution in [2.45, 2.75) is 25.6 Å². The quantitative estimate of drug-likeness (QED) is 0.580. The summed E-state index contributed by atoms with van der Waals surface area (Å²) in [5.74, 6) is 0.260. The number of rotatable bonds is 6. The highest BCUT2D eigenvalue weighted by atomic mass is 16.6. The molecule has 0 saturated carbocycles. The van der Waals surface area contributed by atoms with Crippen LogP contribution in [0.4, 0.5) is 0 Å². The lowest BCUT2D eigenvalue weighted by Crippen LogP contribution is -2.21. The molecule has 0 aromatic heterocycles. The van der Waals surface area contributed by atoms with Crippen molar-refractivity contribution in [3.8, 4) is 17.2 Å². The van der Waals surface area contributed by atoms with E-state index in [1.165, 1.54) is 33.5 Å². The standard InChI is InChI=1S/C17H20O7/c1-10-7-14(17(19)23-10)24-15(18)6-5-11-8-12(20-2)16(22-4)13(9-11)21-3/h5-6,8-10,14H,7H2,1-4H3/b6-5+/t10-,14-/m1/s1. The third-order valence-electron chi connectivity index (χ3n) is 3.48. The molecule has 130 valence electrons. The Kier molecular flexibility index (Phi) is 5.68. The molecular formula is C17H20O7. The van der Waals surface area contributed by atoms with E-state index in [4.69, 9.17) is 23.7 Å². The van der Waals surface area contributed by atoms with Crippen LogP contribution in [0.1, 0.15) is 18.9 Å². The van der Waals surface area contributed by atoms with Gasteiger partial charge in [-0.15, -0.1) is 0 Å². The number of carbonyl (C=O) groups is 2. The summed E-state index contributed by atoms with van der Waals surface area (Å²) in [6.45, 7) is 1.75. The van der Waals surface area contributed by atoms with Crippen molar-refractivity contribution >= 4 is 18.0 Å². The second-order valence-corrected chi connectivity index (χ2v) is 5.20. The molecule has 1 aliphatic heterocycles. The molecular weight excluding hydrogens is 316 g/mol. The lowest BCUT2D eigenvalue weighted by molar-refractivity contribution is -0.157. The maximum atomic E-state index is 11.9. The number of hydrogen-bond acceptors (Lipinski definition) is 7. The van der Waals surface area contributed by atoms with E-state index in [1.54, 1.807) is 19.1 Å². The Morgan fingerprint density at radius 2 is 1.79 bits per heavy atom. The van der Waals surface area contributed by atoms with Gasteiger partial charge in [0.25, 0.3) is 0 Å². The van der Waals surface area contributed by atoms with Crippen LogP contribution in [0.5, 0.6) is 17.2 Å². The summed E-state index contributed by atoms with van der Waals surface area (Å²) in [5.41, 5.74) is 0.656. The molecule has 1 aromatic carbocycles. The van der Waals surface area contributed by atoms with Crippen molar-refractivity contribution in [2.75, 3.05) is 21.3 Å². The molecule has 0 N–H and O–H groups in total. The fourth-order valence-corrected chi connectivity index (χ4v) is 2.36. The van der Waals surface area contributed by atoms with E-state index in [0.717, 1.165) is 0 Å². The van der Waals surface area contributed by atoms with Gasteiger partial charge < -0.3 is 23.7 Å². The average molecular weight is 336 g/mol. The minimum Gasteiger partial charge on any atom is -0.493 e. The van der Waals surface area contributed by atoms with Crippen LogP contribution in [0.25, 0.3) is 6.08 Å². The van der Waals surface area contributed by atoms with Gasteiger partial charge in [0.15, 0.2) is 11.5 Å². The van der Waals surface area contributed by atoms with Gasteiger partial charge in [0, 0.05) is 12.5 Å². The first-order valence-electron chi connectivity index (χ1n) is 7.37. The summed E-state index contributed by atoms with van der Waals surface area (Å²) in [6.07, 6.45) is 2.04. The van der Waals surface area contributed by atoms with Gasteiger partial charge >= 0.3 is 11.9 Å². The monoisotopic (exact) mass is 336 g/mol. The Morgan fingerprint density at radius 3 is 2.25 bits per heavy atom. The molecule has 1 saturated heterocycles. The highest BCUT2D eigenvalue weighted by molar-refractivity contribution is 5.90. The van der Waals surface area contributed by atoms with Crippen LogP contribution in [0, 0.1) is 0 Å². The van der Waals surface area contributed by atoms with Crippen LogP contribution in [0.15, 0.2) is 18.2 Å². The van der Waals surface area contributed by atoms with Gasteiger partial charge in [0.05, 0.1) is 21.3 Å². The molecule has 1 aromatic rings. The first-order chi connectivity index (χ1) is 11.5. The topological polar surface area (TPSA) is 80.3 Å².